The molecule has 0 amide bonds. The van der Waals surface area contributed by atoms with Gasteiger partial charge in [0, 0.05) is 0 Å². The van der Waals surface area contributed by atoms with Crippen molar-refractivity contribution >= 4 is 8.60 Å². The van der Waals surface area contributed by atoms with Gasteiger partial charge in [0.1, 0.15) is 0 Å². The Morgan fingerprint density at radius 2 is 1.33 bits per heavy atom. The predicted molar refractivity (Wildman–Crippen MR) is 38.7 cm³/mol. The summed E-state index contributed by atoms with van der Waals surface area (Å²) in [6.45, 7) is 6.20. The van der Waals surface area contributed by atoms with Crippen molar-refractivity contribution in [2.75, 3.05) is 0 Å². The van der Waals surface area contributed by atoms with E-state index in [-0.39, 0.29) is 0 Å². The maximum Gasteiger partial charge on any atom is 0.324 e. The molecule has 0 unspecified atom stereocenters. The normalized spacial score (nSPS) is 7.89. The van der Waals surface area contributed by atoms with Gasteiger partial charge in [-0.2, -0.15) is 0 Å². The second-order valence-electron chi connectivity index (χ2n) is 1.63. The Morgan fingerprint density at radius 3 is 1.33 bits per heavy atom. The third kappa shape index (κ3) is 70.1. The minimum Gasteiger partial charge on any atom is -0.328 e. The summed E-state index contributed by atoms with van der Waals surface area (Å²) in [5.41, 5.74) is 1.38. The molecule has 0 aromatic heterocycles. The van der Waals surface area contributed by atoms with Crippen molar-refractivity contribution in [2.24, 2.45) is 0 Å². The zero-order valence-electron chi connectivity index (χ0n) is 5.87. The van der Waals surface area contributed by atoms with Gasteiger partial charge in [0.2, 0.25) is 0 Å². The molecule has 9 heavy (non-hydrogen) atoms. The van der Waals surface area contributed by atoms with Gasteiger partial charge >= 0.3 is 8.60 Å². The predicted octanol–water partition coefficient (Wildman–Crippen LogP) is 1.16. The molecular formula is C5H13O3P. The average molecular weight is 152 g/mol. The summed E-state index contributed by atoms with van der Waals surface area (Å²) >= 11 is 0. The van der Waals surface area contributed by atoms with Crippen LogP contribution in [0.2, 0.25) is 0 Å². The van der Waals surface area contributed by atoms with Crippen LogP contribution in [0, 0.1) is 0 Å². The first-order chi connectivity index (χ1) is 4.00. The van der Waals surface area contributed by atoms with E-state index < -0.39 is 8.60 Å². The summed E-state index contributed by atoms with van der Waals surface area (Å²) in [5, 5.41) is 0. The summed E-state index contributed by atoms with van der Waals surface area (Å²) in [6, 6.07) is 0. The van der Waals surface area contributed by atoms with Crippen LogP contribution in [0.1, 0.15) is 20.8 Å². The maximum atomic E-state index is 7.23. The Bertz CT molecular complexity index is 73.5. The lowest BCUT2D eigenvalue weighted by Gasteiger charge is -1.76. The van der Waals surface area contributed by atoms with Crippen molar-refractivity contribution in [3.8, 4) is 0 Å². The van der Waals surface area contributed by atoms with Crippen LogP contribution in [-0.2, 0) is 0 Å². The molecule has 0 aliphatic carbocycles. The molecule has 0 spiro atoms. The zero-order chi connectivity index (χ0) is 7.86. The fraction of sp³-hybridized carbons (Fsp3) is 0.600. The third-order valence-electron chi connectivity index (χ3n) is 0.577. The molecule has 0 bridgehead atoms. The van der Waals surface area contributed by atoms with Gasteiger partial charge < -0.3 is 14.7 Å². The summed E-state index contributed by atoms with van der Waals surface area (Å²) < 4.78 is 0. The van der Waals surface area contributed by atoms with Gasteiger partial charge in [-0.1, -0.05) is 11.6 Å². The van der Waals surface area contributed by atoms with E-state index in [4.69, 9.17) is 14.7 Å². The summed E-state index contributed by atoms with van der Waals surface area (Å²) in [7, 11) is -2.62. The molecule has 0 radical (unpaired) electrons. The molecule has 0 aliphatic heterocycles. The fourth-order valence-corrected chi connectivity index (χ4v) is 0. The Labute approximate surface area is 56.7 Å². The minimum absolute atomic E-state index is 1.38. The SMILES string of the molecule is CC=C(C)C.OP(O)O. The molecule has 0 aromatic rings. The quantitative estimate of drug-likeness (QED) is 0.360. The van der Waals surface area contributed by atoms with Crippen LogP contribution in [0.5, 0.6) is 0 Å². The molecule has 0 rings (SSSR count). The lowest BCUT2D eigenvalue weighted by Crippen LogP contribution is -1.54. The molecule has 0 atom stereocenters. The number of hydrogen-bond donors (Lipinski definition) is 3. The highest BCUT2D eigenvalue weighted by molar-refractivity contribution is 7.38. The molecule has 0 heterocycles. The molecule has 3 nitrogen and oxygen atoms in total. The first kappa shape index (κ1) is 11.8. The minimum atomic E-state index is -2.62. The van der Waals surface area contributed by atoms with E-state index in [1.165, 1.54) is 5.57 Å². The summed E-state index contributed by atoms with van der Waals surface area (Å²) in [6.07, 6.45) is 2.08. The van der Waals surface area contributed by atoms with Crippen LogP contribution in [-0.4, -0.2) is 14.7 Å². The second-order valence-corrected chi connectivity index (χ2v) is 2.17. The van der Waals surface area contributed by atoms with Gasteiger partial charge in [0.05, 0.1) is 0 Å². The van der Waals surface area contributed by atoms with E-state index in [0.717, 1.165) is 0 Å². The first-order valence-electron chi connectivity index (χ1n) is 2.47. The maximum absolute atomic E-state index is 7.23. The van der Waals surface area contributed by atoms with Gasteiger partial charge in [0.25, 0.3) is 0 Å². The van der Waals surface area contributed by atoms with Crippen LogP contribution < -0.4 is 0 Å². The molecule has 3 N–H and O–H groups in total. The molecule has 56 valence electrons. The Kier molecular flexibility index (Phi) is 10.6. The Morgan fingerprint density at radius 1 is 1.22 bits per heavy atom. The fourth-order valence-electron chi connectivity index (χ4n) is 0. The third-order valence-corrected chi connectivity index (χ3v) is 0.577. The van der Waals surface area contributed by atoms with Crippen LogP contribution in [0.15, 0.2) is 11.6 Å². The average Bonchev–Trinajstić information content (AvgIpc) is 1.65. The van der Waals surface area contributed by atoms with Crippen molar-refractivity contribution in [3.05, 3.63) is 11.6 Å². The molecule has 0 aliphatic rings. The highest BCUT2D eigenvalue weighted by Gasteiger charge is 1.76. The van der Waals surface area contributed by atoms with Gasteiger partial charge in [-0.25, -0.2) is 0 Å². The smallest absolute Gasteiger partial charge is 0.324 e. The molecule has 0 saturated heterocycles. The molecule has 0 fully saturated rings. The Hall–Kier alpha value is 0.0500. The standard InChI is InChI=1S/C5H10.H3O3P/c1-4-5(2)3;1-4(2)3/h4H,1-3H3;1-3H. The molecule has 0 saturated carbocycles. The van der Waals surface area contributed by atoms with Gasteiger partial charge in [-0.15, -0.1) is 0 Å². The summed E-state index contributed by atoms with van der Waals surface area (Å²) in [4.78, 5) is 21.7. The van der Waals surface area contributed by atoms with Gasteiger partial charge in [0.15, 0.2) is 0 Å². The van der Waals surface area contributed by atoms with E-state index in [1.54, 1.807) is 0 Å². The number of allylic oxidation sites excluding steroid dienone is 2. The van der Waals surface area contributed by atoms with Crippen molar-refractivity contribution in [1.82, 2.24) is 0 Å². The first-order valence-corrected chi connectivity index (χ1v) is 3.67. The van der Waals surface area contributed by atoms with Crippen LogP contribution in [0.3, 0.4) is 0 Å². The van der Waals surface area contributed by atoms with E-state index in [2.05, 4.69) is 19.9 Å². The van der Waals surface area contributed by atoms with Crippen molar-refractivity contribution < 1.29 is 14.7 Å². The second kappa shape index (κ2) is 8.05. The Balaban J connectivity index is 0. The van der Waals surface area contributed by atoms with Crippen molar-refractivity contribution in [1.29, 1.82) is 0 Å². The topological polar surface area (TPSA) is 60.7 Å². The molecular weight excluding hydrogens is 139 g/mol. The summed E-state index contributed by atoms with van der Waals surface area (Å²) in [5.74, 6) is 0. The molecule has 0 aromatic carbocycles. The monoisotopic (exact) mass is 152 g/mol. The number of hydrogen-bond acceptors (Lipinski definition) is 3. The van der Waals surface area contributed by atoms with Crippen LogP contribution >= 0.6 is 8.60 Å². The van der Waals surface area contributed by atoms with Gasteiger partial charge in [-0.3, -0.25) is 0 Å². The van der Waals surface area contributed by atoms with Crippen molar-refractivity contribution in [3.63, 3.8) is 0 Å². The lowest BCUT2D eigenvalue weighted by atomic mass is 10.3. The van der Waals surface area contributed by atoms with Crippen LogP contribution in [0.4, 0.5) is 0 Å². The van der Waals surface area contributed by atoms with E-state index in [9.17, 15) is 0 Å². The van der Waals surface area contributed by atoms with Crippen molar-refractivity contribution in [2.45, 2.75) is 20.8 Å². The number of rotatable bonds is 0. The van der Waals surface area contributed by atoms with E-state index in [0.29, 0.717) is 0 Å². The highest BCUT2D eigenvalue weighted by atomic mass is 31.2. The van der Waals surface area contributed by atoms with E-state index in [1.807, 2.05) is 6.92 Å². The highest BCUT2D eigenvalue weighted by Crippen LogP contribution is 2.11. The zero-order valence-corrected chi connectivity index (χ0v) is 6.76. The lowest BCUT2D eigenvalue weighted by molar-refractivity contribution is 0.368. The molecule has 4 heteroatoms. The van der Waals surface area contributed by atoms with E-state index >= 15 is 0 Å². The largest absolute Gasteiger partial charge is 0.328 e. The van der Waals surface area contributed by atoms with Gasteiger partial charge in [-0.05, 0) is 20.8 Å². The van der Waals surface area contributed by atoms with Crippen LogP contribution in [0.25, 0.3) is 0 Å².